The van der Waals surface area contributed by atoms with E-state index in [-0.39, 0.29) is 17.9 Å². The number of piperidine rings is 1. The molecule has 0 spiro atoms. The molecular weight excluding hydrogens is 292 g/mol. The van der Waals surface area contributed by atoms with E-state index in [1.54, 1.807) is 4.68 Å². The van der Waals surface area contributed by atoms with Gasteiger partial charge in [0.25, 0.3) is 0 Å². The molecule has 1 unspecified atom stereocenters. The molecule has 4 heterocycles. The highest BCUT2D eigenvalue weighted by Gasteiger charge is 2.40. The van der Waals surface area contributed by atoms with Crippen LogP contribution in [0.25, 0.3) is 0 Å². The van der Waals surface area contributed by atoms with Gasteiger partial charge in [0.15, 0.2) is 0 Å². The van der Waals surface area contributed by atoms with E-state index in [9.17, 15) is 4.79 Å². The highest BCUT2D eigenvalue weighted by Crippen LogP contribution is 2.36. The fraction of sp³-hybridized carbons (Fsp3) is 0.765. The van der Waals surface area contributed by atoms with Crippen molar-refractivity contribution < 1.29 is 9.53 Å². The summed E-state index contributed by atoms with van der Waals surface area (Å²) in [6.07, 6.45) is 8.34. The van der Waals surface area contributed by atoms with Crippen LogP contribution < -0.4 is 0 Å². The van der Waals surface area contributed by atoms with Gasteiger partial charge in [0.05, 0.1) is 18.2 Å². The van der Waals surface area contributed by atoms with Crippen molar-refractivity contribution in [1.29, 1.82) is 0 Å². The van der Waals surface area contributed by atoms with E-state index in [0.29, 0.717) is 12.6 Å². The largest absolute Gasteiger partial charge is 0.373 e. The van der Waals surface area contributed by atoms with Gasteiger partial charge in [-0.05, 0) is 25.8 Å². The van der Waals surface area contributed by atoms with Crippen LogP contribution in [0, 0.1) is 5.92 Å². The minimum absolute atomic E-state index is 0.0469. The molecule has 3 aliphatic rings. The fourth-order valence-corrected chi connectivity index (χ4v) is 4.35. The lowest BCUT2D eigenvalue weighted by molar-refractivity contribution is -0.141. The van der Waals surface area contributed by atoms with Gasteiger partial charge in [-0.1, -0.05) is 6.42 Å². The number of ether oxygens (including phenoxy) is 1. The summed E-state index contributed by atoms with van der Waals surface area (Å²) in [7, 11) is 1.90. The summed E-state index contributed by atoms with van der Waals surface area (Å²) in [6.45, 7) is 4.67. The molecule has 4 rings (SSSR count). The highest BCUT2D eigenvalue weighted by molar-refractivity contribution is 5.80. The number of aromatic nitrogens is 2. The van der Waals surface area contributed by atoms with Gasteiger partial charge in [-0.15, -0.1) is 0 Å². The lowest BCUT2D eigenvalue weighted by Gasteiger charge is -2.44. The van der Waals surface area contributed by atoms with Crippen LogP contribution in [-0.4, -0.2) is 64.3 Å². The Balaban J connectivity index is 1.45. The number of aryl methyl sites for hydroxylation is 1. The van der Waals surface area contributed by atoms with Crippen molar-refractivity contribution in [2.24, 2.45) is 13.0 Å². The monoisotopic (exact) mass is 318 g/mol. The van der Waals surface area contributed by atoms with Crippen LogP contribution in [0.15, 0.2) is 12.4 Å². The average Bonchev–Trinajstić information content (AvgIpc) is 3.22. The highest BCUT2D eigenvalue weighted by atomic mass is 16.5. The first-order valence-electron chi connectivity index (χ1n) is 8.85. The molecule has 0 saturated carbocycles. The quantitative estimate of drug-likeness (QED) is 0.822. The van der Waals surface area contributed by atoms with Crippen LogP contribution in [0.4, 0.5) is 0 Å². The zero-order valence-corrected chi connectivity index (χ0v) is 13.9. The van der Waals surface area contributed by atoms with E-state index in [1.165, 1.54) is 25.8 Å². The van der Waals surface area contributed by atoms with Gasteiger partial charge in [0, 0.05) is 51.1 Å². The molecule has 6 nitrogen and oxygen atoms in total. The van der Waals surface area contributed by atoms with Crippen molar-refractivity contribution in [3.8, 4) is 0 Å². The number of rotatable bonds is 2. The van der Waals surface area contributed by atoms with E-state index in [4.69, 9.17) is 4.74 Å². The summed E-state index contributed by atoms with van der Waals surface area (Å²) < 4.78 is 7.65. The number of piperazine rings is 1. The molecule has 0 N–H and O–H groups in total. The third kappa shape index (κ3) is 2.90. The Morgan fingerprint density at radius 2 is 2.17 bits per heavy atom. The molecule has 126 valence electrons. The van der Waals surface area contributed by atoms with Crippen molar-refractivity contribution >= 4 is 5.91 Å². The third-order valence-corrected chi connectivity index (χ3v) is 5.61. The minimum Gasteiger partial charge on any atom is -0.373 e. The van der Waals surface area contributed by atoms with Crippen molar-refractivity contribution in [3.05, 3.63) is 18.0 Å². The summed E-state index contributed by atoms with van der Waals surface area (Å²) in [4.78, 5) is 17.7. The van der Waals surface area contributed by atoms with Crippen molar-refractivity contribution in [3.63, 3.8) is 0 Å². The Kier molecular flexibility index (Phi) is 4.11. The van der Waals surface area contributed by atoms with Crippen molar-refractivity contribution in [2.75, 3.05) is 32.8 Å². The molecule has 0 aliphatic carbocycles. The van der Waals surface area contributed by atoms with Crippen LogP contribution in [-0.2, 0) is 16.6 Å². The maximum atomic E-state index is 13.1. The third-order valence-electron chi connectivity index (χ3n) is 5.61. The molecule has 1 amide bonds. The van der Waals surface area contributed by atoms with Crippen LogP contribution in [0.2, 0.25) is 0 Å². The first kappa shape index (κ1) is 15.1. The summed E-state index contributed by atoms with van der Waals surface area (Å²) >= 11 is 0. The van der Waals surface area contributed by atoms with Crippen LogP contribution in [0.1, 0.15) is 37.4 Å². The number of fused-ring (bicyclic) bond motifs is 1. The maximum Gasteiger partial charge on any atom is 0.228 e. The molecule has 6 heteroatoms. The zero-order valence-electron chi connectivity index (χ0n) is 13.9. The second-order valence-electron chi connectivity index (χ2n) is 7.10. The standard InChI is InChI=1S/C17H26N4O2/c1-19-11-13(10-18-19)16-15(5-9-23-16)17(22)21-8-7-20-6-3-2-4-14(20)12-21/h10-11,14-16H,2-9,12H2,1H3/t14?,15-,16+/m0/s1. The summed E-state index contributed by atoms with van der Waals surface area (Å²) in [5, 5.41) is 4.23. The number of amides is 1. The van der Waals surface area contributed by atoms with Gasteiger partial charge >= 0.3 is 0 Å². The molecule has 0 radical (unpaired) electrons. The van der Waals surface area contributed by atoms with E-state index in [2.05, 4.69) is 14.9 Å². The van der Waals surface area contributed by atoms with Crippen LogP contribution in [0.3, 0.4) is 0 Å². The maximum absolute atomic E-state index is 13.1. The van der Waals surface area contributed by atoms with E-state index in [1.807, 2.05) is 19.4 Å². The van der Waals surface area contributed by atoms with Gasteiger partial charge in [0.1, 0.15) is 0 Å². The fourth-order valence-electron chi connectivity index (χ4n) is 4.35. The van der Waals surface area contributed by atoms with Gasteiger partial charge in [-0.3, -0.25) is 14.4 Å². The van der Waals surface area contributed by atoms with Crippen molar-refractivity contribution in [1.82, 2.24) is 19.6 Å². The SMILES string of the molecule is Cn1cc([C@H]2OCC[C@@H]2C(=O)N2CCN3CCCCC3C2)cn1. The predicted octanol–water partition coefficient (Wildman–Crippen LogP) is 1.19. The Morgan fingerprint density at radius 1 is 1.26 bits per heavy atom. The minimum atomic E-state index is -0.124. The Bertz CT molecular complexity index is 573. The number of hydrogen-bond donors (Lipinski definition) is 0. The predicted molar refractivity (Wildman–Crippen MR) is 85.8 cm³/mol. The summed E-state index contributed by atoms with van der Waals surface area (Å²) in [5.41, 5.74) is 1.03. The normalized spacial score (nSPS) is 32.0. The Morgan fingerprint density at radius 3 is 3.00 bits per heavy atom. The number of carbonyl (C=O) groups excluding carboxylic acids is 1. The molecule has 0 aromatic carbocycles. The lowest BCUT2D eigenvalue weighted by atomic mass is 9.94. The molecular formula is C17H26N4O2. The summed E-state index contributed by atoms with van der Waals surface area (Å²) in [5.74, 6) is 0.232. The molecule has 3 fully saturated rings. The number of hydrogen-bond acceptors (Lipinski definition) is 4. The molecule has 3 aliphatic heterocycles. The Hall–Kier alpha value is -1.40. The first-order valence-corrected chi connectivity index (χ1v) is 8.85. The van der Waals surface area contributed by atoms with Gasteiger partial charge in [0.2, 0.25) is 5.91 Å². The van der Waals surface area contributed by atoms with Crippen molar-refractivity contribution in [2.45, 2.75) is 37.8 Å². The van der Waals surface area contributed by atoms with E-state index >= 15 is 0 Å². The molecule has 1 aromatic rings. The lowest BCUT2D eigenvalue weighted by Crippen LogP contribution is -2.57. The molecule has 0 bridgehead atoms. The molecule has 23 heavy (non-hydrogen) atoms. The second kappa shape index (κ2) is 6.24. The smallest absolute Gasteiger partial charge is 0.228 e. The van der Waals surface area contributed by atoms with Crippen LogP contribution in [0.5, 0.6) is 0 Å². The van der Waals surface area contributed by atoms with Gasteiger partial charge in [-0.2, -0.15) is 5.10 Å². The van der Waals surface area contributed by atoms with Gasteiger partial charge < -0.3 is 9.64 Å². The van der Waals surface area contributed by atoms with E-state index in [0.717, 1.165) is 31.6 Å². The Labute approximate surface area is 137 Å². The molecule has 3 saturated heterocycles. The first-order chi connectivity index (χ1) is 11.2. The topological polar surface area (TPSA) is 50.6 Å². The van der Waals surface area contributed by atoms with E-state index < -0.39 is 0 Å². The van der Waals surface area contributed by atoms with Crippen LogP contribution >= 0.6 is 0 Å². The molecule has 1 aromatic heterocycles. The van der Waals surface area contributed by atoms with Gasteiger partial charge in [-0.25, -0.2) is 0 Å². The average molecular weight is 318 g/mol. The number of nitrogens with zero attached hydrogens (tertiary/aromatic N) is 4. The second-order valence-corrected chi connectivity index (χ2v) is 7.10. The molecule has 3 atom stereocenters. The number of carbonyl (C=O) groups is 1. The summed E-state index contributed by atoms with van der Waals surface area (Å²) in [6, 6.07) is 0.570. The zero-order chi connectivity index (χ0) is 15.8.